The van der Waals surface area contributed by atoms with Crippen LogP contribution in [0.2, 0.25) is 0 Å². The van der Waals surface area contributed by atoms with E-state index in [9.17, 15) is 0 Å². The monoisotopic (exact) mass is 323 g/mol. The van der Waals surface area contributed by atoms with E-state index in [2.05, 4.69) is 41.2 Å². The van der Waals surface area contributed by atoms with Crippen LogP contribution in [0.5, 0.6) is 5.75 Å². The summed E-state index contributed by atoms with van der Waals surface area (Å²) in [7, 11) is 1.68. The molecule has 102 valence electrons. The molecule has 1 N–H and O–H groups in total. The first kappa shape index (κ1) is 14.2. The molecule has 4 heteroatoms. The summed E-state index contributed by atoms with van der Waals surface area (Å²) in [5.41, 5.74) is 2.38. The van der Waals surface area contributed by atoms with Crippen molar-refractivity contribution in [1.29, 1.82) is 0 Å². The quantitative estimate of drug-likeness (QED) is 0.901. The summed E-state index contributed by atoms with van der Waals surface area (Å²) in [6.07, 6.45) is 0. The third kappa shape index (κ3) is 3.19. The fourth-order valence-corrected chi connectivity index (χ4v) is 2.47. The third-order valence-electron chi connectivity index (χ3n) is 3.07. The number of hydrogen-bond acceptors (Lipinski definition) is 3. The second-order valence-electron chi connectivity index (χ2n) is 4.36. The SMILES string of the molecule is CCNC(c1ccc(Br)o1)c1ccc(OC)cc1C. The number of furan rings is 1. The maximum absolute atomic E-state index is 5.69. The van der Waals surface area contributed by atoms with Crippen molar-refractivity contribution >= 4 is 15.9 Å². The van der Waals surface area contributed by atoms with Crippen molar-refractivity contribution in [1.82, 2.24) is 5.32 Å². The van der Waals surface area contributed by atoms with Crippen LogP contribution in [0.3, 0.4) is 0 Å². The van der Waals surface area contributed by atoms with Gasteiger partial charge in [0.2, 0.25) is 0 Å². The maximum Gasteiger partial charge on any atom is 0.169 e. The van der Waals surface area contributed by atoms with Gasteiger partial charge in [-0.25, -0.2) is 0 Å². The van der Waals surface area contributed by atoms with E-state index < -0.39 is 0 Å². The molecule has 0 spiro atoms. The molecule has 0 saturated heterocycles. The molecule has 3 nitrogen and oxygen atoms in total. The lowest BCUT2D eigenvalue weighted by Gasteiger charge is -2.18. The van der Waals surface area contributed by atoms with E-state index in [4.69, 9.17) is 9.15 Å². The van der Waals surface area contributed by atoms with Gasteiger partial charge in [0, 0.05) is 0 Å². The molecule has 0 aliphatic rings. The van der Waals surface area contributed by atoms with E-state index in [0.717, 1.165) is 22.7 Å². The molecule has 0 aliphatic heterocycles. The molecule has 0 fully saturated rings. The van der Waals surface area contributed by atoms with E-state index in [1.807, 2.05) is 24.3 Å². The highest BCUT2D eigenvalue weighted by Gasteiger charge is 2.18. The van der Waals surface area contributed by atoms with Crippen molar-refractivity contribution in [3.05, 3.63) is 51.9 Å². The molecule has 1 aromatic heterocycles. The molecule has 1 unspecified atom stereocenters. The Labute approximate surface area is 122 Å². The van der Waals surface area contributed by atoms with Crippen LogP contribution in [0.1, 0.15) is 29.9 Å². The van der Waals surface area contributed by atoms with Crippen molar-refractivity contribution in [3.8, 4) is 5.75 Å². The Hall–Kier alpha value is -1.26. The summed E-state index contributed by atoms with van der Waals surface area (Å²) in [5, 5.41) is 3.45. The molecule has 2 rings (SSSR count). The molecule has 19 heavy (non-hydrogen) atoms. The summed E-state index contributed by atoms with van der Waals surface area (Å²) >= 11 is 3.35. The van der Waals surface area contributed by atoms with Crippen LogP contribution in [0.25, 0.3) is 0 Å². The van der Waals surface area contributed by atoms with E-state index in [0.29, 0.717) is 0 Å². The fraction of sp³-hybridized carbons (Fsp3) is 0.333. The highest BCUT2D eigenvalue weighted by molar-refractivity contribution is 9.10. The second-order valence-corrected chi connectivity index (χ2v) is 5.14. The van der Waals surface area contributed by atoms with Gasteiger partial charge in [-0.2, -0.15) is 0 Å². The maximum atomic E-state index is 5.69. The number of benzene rings is 1. The first-order valence-corrected chi connectivity index (χ1v) is 7.08. The second kappa shape index (κ2) is 6.26. The topological polar surface area (TPSA) is 34.4 Å². The highest BCUT2D eigenvalue weighted by atomic mass is 79.9. The zero-order chi connectivity index (χ0) is 13.8. The molecule has 1 aromatic carbocycles. The zero-order valence-corrected chi connectivity index (χ0v) is 13.0. The normalized spacial score (nSPS) is 12.4. The van der Waals surface area contributed by atoms with Gasteiger partial charge in [0.15, 0.2) is 4.67 Å². The molecule has 0 radical (unpaired) electrons. The van der Waals surface area contributed by atoms with Crippen LogP contribution < -0.4 is 10.1 Å². The van der Waals surface area contributed by atoms with Gasteiger partial charge in [0.1, 0.15) is 11.5 Å². The lowest BCUT2D eigenvalue weighted by Crippen LogP contribution is -2.22. The van der Waals surface area contributed by atoms with Crippen molar-refractivity contribution in [2.24, 2.45) is 0 Å². The van der Waals surface area contributed by atoms with Crippen molar-refractivity contribution in [2.75, 3.05) is 13.7 Å². The summed E-state index contributed by atoms with van der Waals surface area (Å²) in [6, 6.07) is 10.1. The number of hydrogen-bond donors (Lipinski definition) is 1. The summed E-state index contributed by atoms with van der Waals surface area (Å²) in [4.78, 5) is 0. The standard InChI is InChI=1S/C15H18BrNO2/c1-4-17-15(13-7-8-14(16)19-13)12-6-5-11(18-3)9-10(12)2/h5-9,15,17H,4H2,1-3H3. The molecular formula is C15H18BrNO2. The van der Waals surface area contributed by atoms with Crippen LogP contribution in [0, 0.1) is 6.92 Å². The average molecular weight is 324 g/mol. The minimum Gasteiger partial charge on any atom is -0.497 e. The van der Waals surface area contributed by atoms with Gasteiger partial charge in [0.25, 0.3) is 0 Å². The van der Waals surface area contributed by atoms with Crippen LogP contribution in [-0.4, -0.2) is 13.7 Å². The van der Waals surface area contributed by atoms with Gasteiger partial charge < -0.3 is 14.5 Å². The summed E-state index contributed by atoms with van der Waals surface area (Å²) in [5.74, 6) is 1.78. The number of rotatable bonds is 5. The lowest BCUT2D eigenvalue weighted by molar-refractivity contribution is 0.412. The van der Waals surface area contributed by atoms with Gasteiger partial charge >= 0.3 is 0 Å². The van der Waals surface area contributed by atoms with E-state index in [1.165, 1.54) is 11.1 Å². The molecule has 1 atom stereocenters. The Morgan fingerprint density at radius 1 is 1.32 bits per heavy atom. The third-order valence-corrected chi connectivity index (χ3v) is 3.50. The number of nitrogens with one attached hydrogen (secondary N) is 1. The molecule has 0 aliphatic carbocycles. The number of methoxy groups -OCH3 is 1. The Bertz CT molecular complexity index is 551. The predicted molar refractivity (Wildman–Crippen MR) is 79.7 cm³/mol. The zero-order valence-electron chi connectivity index (χ0n) is 11.4. The Balaban J connectivity index is 2.39. The Morgan fingerprint density at radius 3 is 2.63 bits per heavy atom. The Morgan fingerprint density at radius 2 is 2.11 bits per heavy atom. The Kier molecular flexibility index (Phi) is 4.66. The number of aryl methyl sites for hydroxylation is 1. The summed E-state index contributed by atoms with van der Waals surface area (Å²) < 4.78 is 11.7. The molecule has 0 saturated carbocycles. The van der Waals surface area contributed by atoms with E-state index in [-0.39, 0.29) is 6.04 Å². The average Bonchev–Trinajstić information content (AvgIpc) is 2.83. The van der Waals surface area contributed by atoms with Gasteiger partial charge in [-0.05, 0) is 64.8 Å². The minimum atomic E-state index is 0.0576. The van der Waals surface area contributed by atoms with Gasteiger partial charge in [-0.1, -0.05) is 13.0 Å². The van der Waals surface area contributed by atoms with Crippen molar-refractivity contribution in [2.45, 2.75) is 19.9 Å². The number of halogens is 1. The van der Waals surface area contributed by atoms with Crippen LogP contribution in [0.15, 0.2) is 39.4 Å². The van der Waals surface area contributed by atoms with Crippen LogP contribution in [-0.2, 0) is 0 Å². The van der Waals surface area contributed by atoms with Crippen molar-refractivity contribution in [3.63, 3.8) is 0 Å². The summed E-state index contributed by atoms with van der Waals surface area (Å²) in [6.45, 7) is 5.04. The molecule has 0 bridgehead atoms. The molecule has 2 aromatic rings. The molecule has 0 amide bonds. The van der Waals surface area contributed by atoms with Crippen LogP contribution in [0.4, 0.5) is 0 Å². The molecule has 1 heterocycles. The molecular weight excluding hydrogens is 306 g/mol. The van der Waals surface area contributed by atoms with Gasteiger partial charge in [-0.3, -0.25) is 0 Å². The van der Waals surface area contributed by atoms with E-state index >= 15 is 0 Å². The fourth-order valence-electron chi connectivity index (χ4n) is 2.15. The number of ether oxygens (including phenoxy) is 1. The minimum absolute atomic E-state index is 0.0576. The van der Waals surface area contributed by atoms with Crippen molar-refractivity contribution < 1.29 is 9.15 Å². The van der Waals surface area contributed by atoms with Crippen LogP contribution >= 0.6 is 15.9 Å². The first-order valence-electron chi connectivity index (χ1n) is 6.29. The largest absolute Gasteiger partial charge is 0.497 e. The van der Waals surface area contributed by atoms with E-state index in [1.54, 1.807) is 7.11 Å². The highest BCUT2D eigenvalue weighted by Crippen LogP contribution is 2.29. The smallest absolute Gasteiger partial charge is 0.169 e. The van der Waals surface area contributed by atoms with Gasteiger partial charge in [0.05, 0.1) is 13.2 Å². The predicted octanol–water partition coefficient (Wildman–Crippen LogP) is 4.06. The van der Waals surface area contributed by atoms with Gasteiger partial charge in [-0.15, -0.1) is 0 Å². The lowest BCUT2D eigenvalue weighted by atomic mass is 9.99. The first-order chi connectivity index (χ1) is 9.15.